The number of hydrogen-bond donors (Lipinski definition) is 3. The first-order chi connectivity index (χ1) is 10.3. The zero-order valence-corrected chi connectivity index (χ0v) is 12.1. The largest absolute Gasteiger partial charge is 0.473 e. The van der Waals surface area contributed by atoms with Crippen LogP contribution in [0.2, 0.25) is 10.0 Å². The van der Waals surface area contributed by atoms with Crippen LogP contribution in [0.1, 0.15) is 10.4 Å². The third-order valence-electron chi connectivity index (χ3n) is 2.01. The Kier molecular flexibility index (Phi) is 6.29. The van der Waals surface area contributed by atoms with Gasteiger partial charge in [-0.25, -0.2) is 14.3 Å². The minimum Gasteiger partial charge on any atom is -0.473 e. The van der Waals surface area contributed by atoms with Gasteiger partial charge in [-0.1, -0.05) is 23.2 Å². The van der Waals surface area contributed by atoms with Gasteiger partial charge in [0.05, 0.1) is 10.6 Å². The summed E-state index contributed by atoms with van der Waals surface area (Å²) in [5, 5.41) is 22.7. The number of carboxylic acid groups (broad SMARTS) is 2. The van der Waals surface area contributed by atoms with Crippen LogP contribution in [0.25, 0.3) is 0 Å². The molecule has 0 radical (unpaired) electrons. The van der Waals surface area contributed by atoms with Crippen LogP contribution in [0, 0.1) is 0 Å². The fraction of sp³-hybridized carbons (Fsp3) is 0. The van der Waals surface area contributed by atoms with E-state index < -0.39 is 11.9 Å². The van der Waals surface area contributed by atoms with Crippen LogP contribution < -0.4 is 5.43 Å². The minimum absolute atomic E-state index is 0.294. The highest BCUT2D eigenvalue weighted by Crippen LogP contribution is 2.20. The second-order valence-corrected chi connectivity index (χ2v) is 4.39. The first kappa shape index (κ1) is 17.4. The molecule has 0 saturated heterocycles. The number of carbonyl (C=O) groups excluding carboxylic acids is 1. The Morgan fingerprint density at radius 1 is 1.05 bits per heavy atom. The molecule has 9 nitrogen and oxygen atoms in total. The van der Waals surface area contributed by atoms with Crippen molar-refractivity contribution in [2.75, 3.05) is 5.43 Å². The van der Waals surface area contributed by atoms with Gasteiger partial charge in [0.2, 0.25) is 0 Å². The third-order valence-corrected chi connectivity index (χ3v) is 2.57. The highest BCUT2D eigenvalue weighted by Gasteiger charge is 2.11. The summed E-state index contributed by atoms with van der Waals surface area (Å²) in [5.41, 5.74) is 2.81. The molecule has 2 aromatic rings. The topological polar surface area (TPSA) is 134 Å². The Hall–Kier alpha value is -2.65. The zero-order chi connectivity index (χ0) is 16.7. The van der Waals surface area contributed by atoms with Crippen molar-refractivity contribution in [3.05, 3.63) is 46.5 Å². The fourth-order valence-corrected chi connectivity index (χ4v) is 1.48. The molecule has 0 aliphatic rings. The van der Waals surface area contributed by atoms with Gasteiger partial charge < -0.3 is 10.2 Å². The molecule has 0 aliphatic heterocycles. The van der Waals surface area contributed by atoms with Crippen molar-refractivity contribution in [1.82, 2.24) is 14.9 Å². The molecule has 3 N–H and O–H groups in total. The van der Waals surface area contributed by atoms with Crippen molar-refractivity contribution in [2.45, 2.75) is 0 Å². The third kappa shape index (κ3) is 5.38. The number of nitrogens with zero attached hydrogens (tertiary/aromatic N) is 3. The van der Waals surface area contributed by atoms with E-state index in [4.69, 9.17) is 43.0 Å². The Morgan fingerprint density at radius 3 is 2.09 bits per heavy atom. The van der Waals surface area contributed by atoms with Gasteiger partial charge in [0.1, 0.15) is 12.7 Å². The van der Waals surface area contributed by atoms with Gasteiger partial charge in [-0.3, -0.25) is 10.2 Å². The van der Waals surface area contributed by atoms with E-state index in [1.807, 2.05) is 0 Å². The molecule has 0 bridgehead atoms. The summed E-state index contributed by atoms with van der Waals surface area (Å²) in [6.07, 6.45) is 2.71. The summed E-state index contributed by atoms with van der Waals surface area (Å²) >= 11 is 11.6. The number of rotatable bonds is 2. The van der Waals surface area contributed by atoms with E-state index in [1.54, 1.807) is 12.1 Å². The van der Waals surface area contributed by atoms with Crippen LogP contribution in [-0.4, -0.2) is 42.9 Å². The standard InChI is InChI=1S/C9H6Cl2N4O.C2H2O4/c10-6-1-2-8(11)7(3-6)9(16)14-15-4-12-13-5-15;3-1(4)2(5)6/h1-5H,(H,14,16);(H,3,4)(H,5,6). The number of carbonyl (C=O) groups is 3. The SMILES string of the molecule is O=C(Nn1cnnc1)c1cc(Cl)ccc1Cl.O=C(O)C(=O)O. The first-order valence-electron chi connectivity index (χ1n) is 5.38. The van der Waals surface area contributed by atoms with Crippen LogP contribution in [0.5, 0.6) is 0 Å². The lowest BCUT2D eigenvalue weighted by molar-refractivity contribution is -0.159. The van der Waals surface area contributed by atoms with Crippen LogP contribution in [0.15, 0.2) is 30.9 Å². The lowest BCUT2D eigenvalue weighted by atomic mass is 10.2. The number of hydrogen-bond acceptors (Lipinski definition) is 5. The normalized spacial score (nSPS) is 9.36. The Balaban J connectivity index is 0.000000346. The molecule has 0 atom stereocenters. The minimum atomic E-state index is -1.82. The lowest BCUT2D eigenvalue weighted by Gasteiger charge is -2.06. The fourth-order valence-electron chi connectivity index (χ4n) is 1.11. The smallest absolute Gasteiger partial charge is 0.414 e. The summed E-state index contributed by atoms with van der Waals surface area (Å²) in [6, 6.07) is 4.66. The molecule has 0 fully saturated rings. The molecule has 1 heterocycles. The Labute approximate surface area is 133 Å². The highest BCUT2D eigenvalue weighted by molar-refractivity contribution is 6.36. The molecule has 1 amide bonds. The maximum absolute atomic E-state index is 11.8. The summed E-state index contributed by atoms with van der Waals surface area (Å²) in [7, 11) is 0. The lowest BCUT2D eigenvalue weighted by Crippen LogP contribution is -2.21. The van der Waals surface area contributed by atoms with Crippen LogP contribution >= 0.6 is 23.2 Å². The van der Waals surface area contributed by atoms with Crippen LogP contribution in [-0.2, 0) is 9.59 Å². The predicted molar refractivity (Wildman–Crippen MR) is 75.4 cm³/mol. The van der Waals surface area contributed by atoms with Crippen LogP contribution in [0.4, 0.5) is 0 Å². The van der Waals surface area contributed by atoms with Crippen molar-refractivity contribution in [3.8, 4) is 0 Å². The molecule has 0 aliphatic carbocycles. The van der Waals surface area contributed by atoms with E-state index in [9.17, 15) is 4.79 Å². The predicted octanol–water partition coefficient (Wildman–Crippen LogP) is 1.12. The summed E-state index contributed by atoms with van der Waals surface area (Å²) < 4.78 is 1.32. The van der Waals surface area contributed by atoms with Crippen LogP contribution in [0.3, 0.4) is 0 Å². The van der Waals surface area contributed by atoms with Crippen molar-refractivity contribution in [3.63, 3.8) is 0 Å². The number of nitrogens with one attached hydrogen (secondary N) is 1. The van der Waals surface area contributed by atoms with E-state index in [1.165, 1.54) is 23.4 Å². The maximum Gasteiger partial charge on any atom is 0.414 e. The number of halogens is 2. The molecule has 1 aromatic carbocycles. The van der Waals surface area contributed by atoms with Gasteiger partial charge in [0, 0.05) is 5.02 Å². The Morgan fingerprint density at radius 2 is 1.59 bits per heavy atom. The molecular weight excluding hydrogens is 339 g/mol. The van der Waals surface area contributed by atoms with E-state index >= 15 is 0 Å². The van der Waals surface area contributed by atoms with Gasteiger partial charge in [-0.15, -0.1) is 10.2 Å². The molecular formula is C11H8Cl2N4O5. The molecule has 0 unspecified atom stereocenters. The van der Waals surface area contributed by atoms with Crippen molar-refractivity contribution >= 4 is 41.0 Å². The molecule has 11 heteroatoms. The van der Waals surface area contributed by atoms with Gasteiger partial charge >= 0.3 is 11.9 Å². The number of aromatic nitrogens is 3. The molecule has 0 spiro atoms. The summed E-state index contributed by atoms with van der Waals surface area (Å²) in [5.74, 6) is -4.03. The molecule has 22 heavy (non-hydrogen) atoms. The summed E-state index contributed by atoms with van der Waals surface area (Å²) in [6.45, 7) is 0. The molecule has 116 valence electrons. The first-order valence-corrected chi connectivity index (χ1v) is 6.14. The second kappa shape index (κ2) is 7.96. The van der Waals surface area contributed by atoms with Gasteiger partial charge in [-0.2, -0.15) is 0 Å². The van der Waals surface area contributed by atoms with E-state index in [-0.39, 0.29) is 5.91 Å². The number of aliphatic carboxylic acids is 2. The molecule has 2 rings (SSSR count). The quantitative estimate of drug-likeness (QED) is 0.693. The van der Waals surface area contributed by atoms with Gasteiger partial charge in [0.25, 0.3) is 5.91 Å². The monoisotopic (exact) mass is 346 g/mol. The average molecular weight is 347 g/mol. The van der Waals surface area contributed by atoms with Gasteiger partial charge in [0.15, 0.2) is 0 Å². The Bertz CT molecular complexity index is 678. The number of carboxylic acids is 2. The van der Waals surface area contributed by atoms with Crippen molar-refractivity contribution < 1.29 is 24.6 Å². The summed E-state index contributed by atoms with van der Waals surface area (Å²) in [4.78, 5) is 30.0. The number of benzene rings is 1. The second-order valence-electron chi connectivity index (χ2n) is 3.54. The van der Waals surface area contributed by atoms with E-state index in [0.29, 0.717) is 15.6 Å². The molecule has 0 saturated carbocycles. The van der Waals surface area contributed by atoms with E-state index in [2.05, 4.69) is 15.6 Å². The van der Waals surface area contributed by atoms with E-state index in [0.717, 1.165) is 0 Å². The maximum atomic E-state index is 11.8. The molecule has 1 aromatic heterocycles. The number of amides is 1. The average Bonchev–Trinajstić information content (AvgIpc) is 2.94. The zero-order valence-electron chi connectivity index (χ0n) is 10.6. The highest BCUT2D eigenvalue weighted by atomic mass is 35.5. The van der Waals surface area contributed by atoms with Crippen molar-refractivity contribution in [2.24, 2.45) is 0 Å². The van der Waals surface area contributed by atoms with Crippen molar-refractivity contribution in [1.29, 1.82) is 0 Å². The van der Waals surface area contributed by atoms with Gasteiger partial charge in [-0.05, 0) is 18.2 Å².